The number of hydrogen-bond acceptors (Lipinski definition) is 6. The van der Waals surface area contributed by atoms with Crippen LogP contribution >= 0.6 is 0 Å². The van der Waals surface area contributed by atoms with Crippen molar-refractivity contribution in [3.63, 3.8) is 0 Å². The Hall–Kier alpha value is -0.730. The molecule has 0 unspecified atom stereocenters. The second-order valence-corrected chi connectivity index (χ2v) is 4.79. The Balaban J connectivity index is 2.83. The highest BCUT2D eigenvalue weighted by atomic mass is 16.7. The highest BCUT2D eigenvalue weighted by Crippen LogP contribution is 2.23. The third-order valence-electron chi connectivity index (χ3n) is 3.19. The lowest BCUT2D eigenvalue weighted by molar-refractivity contribution is -0.280. The van der Waals surface area contributed by atoms with Crippen LogP contribution in [0, 0.1) is 0 Å². The molecule has 6 atom stereocenters. The second kappa shape index (κ2) is 7.16. The van der Waals surface area contributed by atoms with Crippen molar-refractivity contribution in [2.75, 3.05) is 6.61 Å². The van der Waals surface area contributed by atoms with E-state index in [4.69, 9.17) is 14.6 Å². The lowest BCUT2D eigenvalue weighted by atomic mass is 9.97. The standard InChI is InChI=1S/C12H23NO6/c1-4-6(2)18-12-9(13-7(3)15)11(17)10(16)8(5-14)19-12/h6,8-12,14,16-17H,4-5H2,1-3H3,(H,13,15)/t6-,8+,9+,10-,11+,12+/m0/s1. The predicted octanol–water partition coefficient (Wildman–Crippen LogP) is -1.25. The molecule has 1 amide bonds. The van der Waals surface area contributed by atoms with E-state index < -0.39 is 37.3 Å². The van der Waals surface area contributed by atoms with Gasteiger partial charge in [-0.25, -0.2) is 0 Å². The maximum absolute atomic E-state index is 11.2. The van der Waals surface area contributed by atoms with Crippen molar-refractivity contribution in [2.24, 2.45) is 0 Å². The molecule has 0 saturated carbocycles. The zero-order valence-corrected chi connectivity index (χ0v) is 11.4. The Morgan fingerprint density at radius 1 is 1.42 bits per heavy atom. The van der Waals surface area contributed by atoms with Crippen LogP contribution in [-0.4, -0.2) is 64.6 Å². The van der Waals surface area contributed by atoms with Gasteiger partial charge in [-0.15, -0.1) is 0 Å². The summed E-state index contributed by atoms with van der Waals surface area (Å²) >= 11 is 0. The third-order valence-corrected chi connectivity index (χ3v) is 3.19. The molecule has 4 N–H and O–H groups in total. The Morgan fingerprint density at radius 2 is 2.05 bits per heavy atom. The number of ether oxygens (including phenoxy) is 2. The van der Waals surface area contributed by atoms with E-state index in [1.165, 1.54) is 6.92 Å². The van der Waals surface area contributed by atoms with Gasteiger partial charge >= 0.3 is 0 Å². The summed E-state index contributed by atoms with van der Waals surface area (Å²) in [5.41, 5.74) is 0. The third kappa shape index (κ3) is 4.12. The molecule has 7 heteroatoms. The molecule has 1 aliphatic heterocycles. The van der Waals surface area contributed by atoms with Gasteiger partial charge in [-0.2, -0.15) is 0 Å². The fourth-order valence-electron chi connectivity index (χ4n) is 1.91. The molecule has 112 valence electrons. The van der Waals surface area contributed by atoms with Gasteiger partial charge in [0, 0.05) is 6.92 Å². The molecular weight excluding hydrogens is 254 g/mol. The van der Waals surface area contributed by atoms with Gasteiger partial charge in [0.1, 0.15) is 24.4 Å². The van der Waals surface area contributed by atoms with Crippen molar-refractivity contribution in [1.82, 2.24) is 5.32 Å². The zero-order valence-electron chi connectivity index (χ0n) is 11.4. The number of hydrogen-bond donors (Lipinski definition) is 4. The van der Waals surface area contributed by atoms with Crippen LogP contribution in [0.1, 0.15) is 27.2 Å². The molecule has 0 spiro atoms. The molecule has 1 rings (SSSR count). The number of aliphatic hydroxyl groups excluding tert-OH is 3. The van der Waals surface area contributed by atoms with E-state index in [0.717, 1.165) is 6.42 Å². The van der Waals surface area contributed by atoms with Gasteiger partial charge in [0.25, 0.3) is 0 Å². The molecule has 0 aromatic heterocycles. The van der Waals surface area contributed by atoms with Gasteiger partial charge < -0.3 is 30.1 Å². The number of rotatable bonds is 5. The fourth-order valence-corrected chi connectivity index (χ4v) is 1.91. The van der Waals surface area contributed by atoms with Crippen LogP contribution in [0.4, 0.5) is 0 Å². The van der Waals surface area contributed by atoms with Gasteiger partial charge in [-0.05, 0) is 13.3 Å². The average Bonchev–Trinajstić information content (AvgIpc) is 2.37. The van der Waals surface area contributed by atoms with Crippen LogP contribution in [-0.2, 0) is 14.3 Å². The van der Waals surface area contributed by atoms with E-state index >= 15 is 0 Å². The second-order valence-electron chi connectivity index (χ2n) is 4.79. The molecule has 0 aliphatic carbocycles. The SMILES string of the molecule is CC[C@H](C)O[C@@H]1O[C@H](CO)[C@H](O)[C@H](O)[C@H]1NC(C)=O. The summed E-state index contributed by atoms with van der Waals surface area (Å²) in [4.78, 5) is 11.2. The Kier molecular flexibility index (Phi) is 6.15. The topological polar surface area (TPSA) is 108 Å². The van der Waals surface area contributed by atoms with E-state index in [-0.39, 0.29) is 12.0 Å². The average molecular weight is 277 g/mol. The molecule has 0 aromatic carbocycles. The van der Waals surface area contributed by atoms with E-state index in [1.54, 1.807) is 0 Å². The first kappa shape index (κ1) is 16.3. The summed E-state index contributed by atoms with van der Waals surface area (Å²) in [5.74, 6) is -0.361. The van der Waals surface area contributed by atoms with Crippen LogP contribution < -0.4 is 5.32 Å². The zero-order chi connectivity index (χ0) is 14.6. The first-order valence-electron chi connectivity index (χ1n) is 6.45. The van der Waals surface area contributed by atoms with E-state index in [9.17, 15) is 15.0 Å². The van der Waals surface area contributed by atoms with E-state index in [0.29, 0.717) is 0 Å². The molecule has 0 radical (unpaired) electrons. The van der Waals surface area contributed by atoms with Gasteiger partial charge in [0.2, 0.25) is 5.91 Å². The lowest BCUT2D eigenvalue weighted by Gasteiger charge is -2.42. The maximum atomic E-state index is 11.2. The molecule has 19 heavy (non-hydrogen) atoms. The molecule has 0 aromatic rings. The molecule has 1 saturated heterocycles. The summed E-state index contributed by atoms with van der Waals surface area (Å²) < 4.78 is 11.0. The van der Waals surface area contributed by atoms with Crippen molar-refractivity contribution >= 4 is 5.91 Å². The largest absolute Gasteiger partial charge is 0.394 e. The Morgan fingerprint density at radius 3 is 2.53 bits per heavy atom. The predicted molar refractivity (Wildman–Crippen MR) is 66.2 cm³/mol. The quantitative estimate of drug-likeness (QED) is 0.500. The normalized spacial score (nSPS) is 36.8. The minimum absolute atomic E-state index is 0.136. The van der Waals surface area contributed by atoms with Gasteiger partial charge in [-0.1, -0.05) is 6.92 Å². The molecular formula is C12H23NO6. The number of carbonyl (C=O) groups excluding carboxylic acids is 1. The maximum Gasteiger partial charge on any atom is 0.217 e. The van der Waals surface area contributed by atoms with Crippen molar-refractivity contribution in [1.29, 1.82) is 0 Å². The molecule has 1 fully saturated rings. The number of carbonyl (C=O) groups is 1. The first-order chi connectivity index (χ1) is 8.90. The van der Waals surface area contributed by atoms with Gasteiger partial charge in [-0.3, -0.25) is 4.79 Å². The van der Waals surface area contributed by atoms with Crippen LogP contribution in [0.3, 0.4) is 0 Å². The van der Waals surface area contributed by atoms with E-state index in [1.807, 2.05) is 13.8 Å². The Labute approximate surface area is 112 Å². The van der Waals surface area contributed by atoms with Crippen molar-refractivity contribution in [3.05, 3.63) is 0 Å². The summed E-state index contributed by atoms with van der Waals surface area (Å²) in [6.07, 6.45) is -3.79. The van der Waals surface area contributed by atoms with Crippen molar-refractivity contribution in [2.45, 2.75) is 63.9 Å². The number of amides is 1. The van der Waals surface area contributed by atoms with Crippen molar-refractivity contribution < 1.29 is 29.6 Å². The lowest BCUT2D eigenvalue weighted by Crippen LogP contribution is -2.64. The molecule has 7 nitrogen and oxygen atoms in total. The summed E-state index contributed by atoms with van der Waals surface area (Å²) in [7, 11) is 0. The fraction of sp³-hybridized carbons (Fsp3) is 0.917. The van der Waals surface area contributed by atoms with Gasteiger partial charge in [0.15, 0.2) is 6.29 Å². The summed E-state index contributed by atoms with van der Waals surface area (Å²) in [6, 6.07) is -0.871. The van der Waals surface area contributed by atoms with Crippen molar-refractivity contribution in [3.8, 4) is 0 Å². The minimum atomic E-state index is -1.28. The van der Waals surface area contributed by atoms with Crippen LogP contribution in [0.25, 0.3) is 0 Å². The first-order valence-corrected chi connectivity index (χ1v) is 6.45. The van der Waals surface area contributed by atoms with Crippen LogP contribution in [0.15, 0.2) is 0 Å². The summed E-state index contributed by atoms with van der Waals surface area (Å²) in [5, 5.41) is 31.4. The highest BCUT2D eigenvalue weighted by molar-refractivity contribution is 5.73. The molecule has 0 bridgehead atoms. The van der Waals surface area contributed by atoms with Crippen LogP contribution in [0.5, 0.6) is 0 Å². The summed E-state index contributed by atoms with van der Waals surface area (Å²) in [6.45, 7) is 4.62. The molecule has 1 aliphatic rings. The smallest absolute Gasteiger partial charge is 0.217 e. The monoisotopic (exact) mass is 277 g/mol. The minimum Gasteiger partial charge on any atom is -0.394 e. The number of aliphatic hydroxyl groups is 3. The Bertz CT molecular complexity index is 300. The van der Waals surface area contributed by atoms with E-state index in [2.05, 4.69) is 5.32 Å². The highest BCUT2D eigenvalue weighted by Gasteiger charge is 2.45. The molecule has 1 heterocycles. The number of nitrogens with one attached hydrogen (secondary N) is 1. The van der Waals surface area contributed by atoms with Gasteiger partial charge in [0.05, 0.1) is 12.7 Å². The van der Waals surface area contributed by atoms with Crippen LogP contribution in [0.2, 0.25) is 0 Å².